The number of nitriles is 1. The van der Waals surface area contributed by atoms with Crippen molar-refractivity contribution in [1.29, 1.82) is 5.26 Å². The Morgan fingerprint density at radius 1 is 1.07 bits per heavy atom. The highest BCUT2D eigenvalue weighted by atomic mass is 16.1. The molecule has 0 bridgehead atoms. The molecule has 2 aromatic rings. The first-order valence-electron chi connectivity index (χ1n) is 9.51. The predicted molar refractivity (Wildman–Crippen MR) is 117 cm³/mol. The zero-order valence-electron chi connectivity index (χ0n) is 17.3. The molecule has 0 spiro atoms. The van der Waals surface area contributed by atoms with Crippen molar-refractivity contribution in [2.45, 2.75) is 34.6 Å². The predicted octanol–water partition coefficient (Wildman–Crippen LogP) is 4.92. The minimum absolute atomic E-state index is 0.0214. The van der Waals surface area contributed by atoms with Gasteiger partial charge in [0.25, 0.3) is 5.91 Å². The van der Waals surface area contributed by atoms with Crippen LogP contribution in [-0.2, 0) is 4.79 Å². The first kappa shape index (κ1) is 21.0. The Labute approximate surface area is 167 Å². The van der Waals surface area contributed by atoms with E-state index in [1.807, 2.05) is 57.2 Å². The number of aryl methyl sites for hydroxylation is 2. The van der Waals surface area contributed by atoms with Gasteiger partial charge in [-0.05, 0) is 75.6 Å². The van der Waals surface area contributed by atoms with Gasteiger partial charge in [-0.1, -0.05) is 12.1 Å². The van der Waals surface area contributed by atoms with Gasteiger partial charge in [0.2, 0.25) is 0 Å². The maximum atomic E-state index is 12.5. The molecule has 2 rings (SSSR count). The van der Waals surface area contributed by atoms with Crippen LogP contribution in [0.2, 0.25) is 0 Å². The molecule has 146 valence electrons. The number of amides is 1. The average molecular weight is 377 g/mol. The van der Waals surface area contributed by atoms with Crippen LogP contribution in [0.1, 0.15) is 30.5 Å². The van der Waals surface area contributed by atoms with E-state index >= 15 is 0 Å². The smallest absolute Gasteiger partial charge is 0.267 e. The fourth-order valence-corrected chi connectivity index (χ4v) is 2.97. The molecule has 0 radical (unpaired) electrons. The number of anilines is 3. The summed E-state index contributed by atoms with van der Waals surface area (Å²) in [5.74, 6) is -0.430. The van der Waals surface area contributed by atoms with Crippen LogP contribution in [0.15, 0.2) is 48.2 Å². The Bertz CT molecular complexity index is 921. The number of benzene rings is 2. The number of hydrogen-bond donors (Lipinski definition) is 2. The SMILES string of the molecule is CCN(CC)c1ccc(N/C=C(/C#N)C(=O)Nc2cccc(C)c2C)c(C)c1. The van der Waals surface area contributed by atoms with E-state index < -0.39 is 5.91 Å². The van der Waals surface area contributed by atoms with E-state index in [2.05, 4.69) is 35.4 Å². The summed E-state index contributed by atoms with van der Waals surface area (Å²) in [5, 5.41) is 15.3. The van der Waals surface area contributed by atoms with Crippen molar-refractivity contribution in [3.05, 3.63) is 64.9 Å². The van der Waals surface area contributed by atoms with Crippen LogP contribution in [0.5, 0.6) is 0 Å². The molecular weight excluding hydrogens is 348 g/mol. The largest absolute Gasteiger partial charge is 0.372 e. The summed E-state index contributed by atoms with van der Waals surface area (Å²) in [6.07, 6.45) is 1.46. The zero-order chi connectivity index (χ0) is 20.7. The second-order valence-electron chi connectivity index (χ2n) is 6.69. The topological polar surface area (TPSA) is 68.2 Å². The second-order valence-corrected chi connectivity index (χ2v) is 6.69. The van der Waals surface area contributed by atoms with E-state index in [1.54, 1.807) is 0 Å². The van der Waals surface area contributed by atoms with Crippen molar-refractivity contribution in [2.75, 3.05) is 28.6 Å². The van der Waals surface area contributed by atoms with E-state index in [0.717, 1.165) is 41.2 Å². The van der Waals surface area contributed by atoms with Crippen LogP contribution in [0.25, 0.3) is 0 Å². The Balaban J connectivity index is 2.16. The molecule has 2 aromatic carbocycles. The van der Waals surface area contributed by atoms with Crippen LogP contribution in [0.4, 0.5) is 17.1 Å². The molecule has 0 heterocycles. The summed E-state index contributed by atoms with van der Waals surface area (Å²) >= 11 is 0. The lowest BCUT2D eigenvalue weighted by Crippen LogP contribution is -2.21. The summed E-state index contributed by atoms with van der Waals surface area (Å²) in [5.41, 5.74) is 5.88. The van der Waals surface area contributed by atoms with Crippen LogP contribution in [0.3, 0.4) is 0 Å². The molecule has 0 unspecified atom stereocenters. The molecule has 0 saturated heterocycles. The van der Waals surface area contributed by atoms with E-state index in [9.17, 15) is 10.1 Å². The van der Waals surface area contributed by atoms with Crippen LogP contribution in [0, 0.1) is 32.1 Å². The van der Waals surface area contributed by atoms with Gasteiger partial charge >= 0.3 is 0 Å². The summed E-state index contributed by atoms with van der Waals surface area (Å²) in [4.78, 5) is 14.8. The molecule has 0 atom stereocenters. The summed E-state index contributed by atoms with van der Waals surface area (Å²) in [7, 11) is 0. The van der Waals surface area contributed by atoms with Gasteiger partial charge in [0.1, 0.15) is 11.6 Å². The molecule has 28 heavy (non-hydrogen) atoms. The van der Waals surface area contributed by atoms with E-state index in [1.165, 1.54) is 6.20 Å². The monoisotopic (exact) mass is 376 g/mol. The highest BCUT2D eigenvalue weighted by Gasteiger charge is 2.12. The molecule has 0 aliphatic heterocycles. The molecule has 5 nitrogen and oxygen atoms in total. The van der Waals surface area contributed by atoms with Gasteiger partial charge in [0, 0.05) is 36.4 Å². The van der Waals surface area contributed by atoms with E-state index in [0.29, 0.717) is 5.69 Å². The number of nitrogens with one attached hydrogen (secondary N) is 2. The Hall–Kier alpha value is -3.26. The lowest BCUT2D eigenvalue weighted by atomic mass is 10.1. The number of carbonyl (C=O) groups is 1. The summed E-state index contributed by atoms with van der Waals surface area (Å²) < 4.78 is 0. The quantitative estimate of drug-likeness (QED) is 0.532. The van der Waals surface area contributed by atoms with Crippen LogP contribution >= 0.6 is 0 Å². The van der Waals surface area contributed by atoms with Gasteiger partial charge in [0.05, 0.1) is 0 Å². The van der Waals surface area contributed by atoms with Crippen molar-refractivity contribution in [2.24, 2.45) is 0 Å². The van der Waals surface area contributed by atoms with Crippen molar-refractivity contribution in [3.8, 4) is 6.07 Å². The Morgan fingerprint density at radius 3 is 2.39 bits per heavy atom. The Kier molecular flexibility index (Phi) is 7.22. The third kappa shape index (κ3) is 4.92. The molecule has 0 saturated carbocycles. The third-order valence-corrected chi connectivity index (χ3v) is 4.93. The number of hydrogen-bond acceptors (Lipinski definition) is 4. The number of nitrogens with zero attached hydrogens (tertiary/aromatic N) is 2. The molecule has 0 aliphatic rings. The minimum atomic E-state index is -0.430. The highest BCUT2D eigenvalue weighted by molar-refractivity contribution is 6.07. The van der Waals surface area contributed by atoms with Crippen molar-refractivity contribution < 1.29 is 4.79 Å². The average Bonchev–Trinajstić information content (AvgIpc) is 2.68. The van der Waals surface area contributed by atoms with Gasteiger partial charge in [-0.15, -0.1) is 0 Å². The lowest BCUT2D eigenvalue weighted by molar-refractivity contribution is -0.112. The highest BCUT2D eigenvalue weighted by Crippen LogP contribution is 2.23. The standard InChI is InChI=1S/C23H28N4O/c1-6-27(7-2)20-11-12-21(17(4)13-20)25-15-19(14-24)23(28)26-22-10-8-9-16(3)18(22)5/h8-13,15,25H,6-7H2,1-5H3,(H,26,28)/b19-15-. The van der Waals surface area contributed by atoms with Crippen LogP contribution in [-0.4, -0.2) is 19.0 Å². The van der Waals surface area contributed by atoms with Crippen molar-refractivity contribution in [1.82, 2.24) is 0 Å². The van der Waals surface area contributed by atoms with Crippen molar-refractivity contribution in [3.63, 3.8) is 0 Å². The van der Waals surface area contributed by atoms with Gasteiger partial charge in [-0.2, -0.15) is 5.26 Å². The summed E-state index contributed by atoms with van der Waals surface area (Å²) in [6.45, 7) is 12.1. The summed E-state index contributed by atoms with van der Waals surface area (Å²) in [6, 6.07) is 13.8. The first-order valence-corrected chi connectivity index (χ1v) is 9.51. The van der Waals surface area contributed by atoms with Crippen LogP contribution < -0.4 is 15.5 Å². The molecular formula is C23H28N4O. The molecule has 0 aliphatic carbocycles. The van der Waals surface area contributed by atoms with Gasteiger partial charge < -0.3 is 15.5 Å². The number of rotatable bonds is 7. The third-order valence-electron chi connectivity index (χ3n) is 4.93. The fourth-order valence-electron chi connectivity index (χ4n) is 2.97. The molecule has 0 aromatic heterocycles. The van der Waals surface area contributed by atoms with Gasteiger partial charge in [-0.25, -0.2) is 0 Å². The molecule has 0 fully saturated rings. The Morgan fingerprint density at radius 2 is 1.79 bits per heavy atom. The lowest BCUT2D eigenvalue weighted by Gasteiger charge is -2.22. The van der Waals surface area contributed by atoms with Gasteiger partial charge in [0.15, 0.2) is 0 Å². The zero-order valence-corrected chi connectivity index (χ0v) is 17.3. The second kappa shape index (κ2) is 9.61. The number of carbonyl (C=O) groups excluding carboxylic acids is 1. The molecule has 2 N–H and O–H groups in total. The normalized spacial score (nSPS) is 10.9. The first-order chi connectivity index (χ1) is 13.4. The van der Waals surface area contributed by atoms with Gasteiger partial charge in [-0.3, -0.25) is 4.79 Å². The minimum Gasteiger partial charge on any atom is -0.372 e. The van der Waals surface area contributed by atoms with Crippen molar-refractivity contribution >= 4 is 23.0 Å². The fraction of sp³-hybridized carbons (Fsp3) is 0.304. The molecule has 1 amide bonds. The maximum absolute atomic E-state index is 12.5. The van der Waals surface area contributed by atoms with E-state index in [4.69, 9.17) is 0 Å². The molecule has 5 heteroatoms. The maximum Gasteiger partial charge on any atom is 0.267 e. The van der Waals surface area contributed by atoms with E-state index in [-0.39, 0.29) is 5.57 Å².